The molecule has 1 aliphatic rings. The molecule has 0 aromatic carbocycles. The number of hydrogen-bond donors (Lipinski definition) is 2. The number of nitrogens with two attached hydrogens (primary N) is 1. The highest BCUT2D eigenvalue weighted by Crippen LogP contribution is 2.22. The lowest BCUT2D eigenvalue weighted by Gasteiger charge is -2.10. The number of primary amides is 1. The minimum Gasteiger partial charge on any atom is -0.364 e. The van der Waals surface area contributed by atoms with E-state index in [4.69, 9.17) is 5.73 Å². The topological polar surface area (TPSA) is 68.0 Å². The lowest BCUT2D eigenvalue weighted by Crippen LogP contribution is -2.26. The lowest BCUT2D eigenvalue weighted by molar-refractivity contribution is 0.0995. The van der Waals surface area contributed by atoms with Gasteiger partial charge in [-0.05, 0) is 19.3 Å². The maximum atomic E-state index is 11.3. The fourth-order valence-electron chi connectivity index (χ4n) is 2.23. The van der Waals surface area contributed by atoms with Gasteiger partial charge < -0.3 is 11.1 Å². The zero-order chi connectivity index (χ0) is 12.3. The molecule has 2 rings (SSSR count). The number of nitrogens with one attached hydrogen (secondary N) is 1. The van der Waals surface area contributed by atoms with Crippen LogP contribution in [0.25, 0.3) is 0 Å². The van der Waals surface area contributed by atoms with Gasteiger partial charge in [0.05, 0.1) is 9.88 Å². The Bertz CT molecular complexity index is 396. The smallest absolute Gasteiger partial charge is 0.268 e. The first-order chi connectivity index (χ1) is 8.20. The molecule has 0 saturated heterocycles. The molecule has 1 aliphatic carbocycles. The van der Waals surface area contributed by atoms with Crippen LogP contribution in [0.3, 0.4) is 0 Å². The van der Waals surface area contributed by atoms with Gasteiger partial charge in [0.1, 0.15) is 5.69 Å². The molecule has 1 saturated carbocycles. The number of carbonyl (C=O) groups is 1. The fourth-order valence-corrected chi connectivity index (χ4v) is 3.20. The number of nitrogens with zero attached hydrogens (tertiary/aromatic N) is 1. The van der Waals surface area contributed by atoms with Crippen LogP contribution in [0.1, 0.15) is 53.0 Å². The largest absolute Gasteiger partial charge is 0.364 e. The predicted molar refractivity (Wildman–Crippen MR) is 69.1 cm³/mol. The monoisotopic (exact) mass is 253 g/mol. The van der Waals surface area contributed by atoms with E-state index in [1.807, 2.05) is 6.92 Å². The fraction of sp³-hybridized carbons (Fsp3) is 0.667. The molecule has 4 nitrogen and oxygen atoms in total. The van der Waals surface area contributed by atoms with Crippen LogP contribution in [-0.2, 0) is 13.0 Å². The standard InChI is InChI=1S/C12H19N3OS/c1-2-10-15-11(12(13)16)9(17-10)7-14-8-5-3-4-6-8/h8,14H,2-7H2,1H3,(H2,13,16). The Morgan fingerprint density at radius 2 is 2.24 bits per heavy atom. The molecule has 1 aromatic rings. The van der Waals surface area contributed by atoms with Crippen molar-refractivity contribution < 1.29 is 4.79 Å². The molecule has 94 valence electrons. The minimum absolute atomic E-state index is 0.413. The van der Waals surface area contributed by atoms with Crippen LogP contribution >= 0.6 is 11.3 Å². The molecular formula is C12H19N3OS. The van der Waals surface area contributed by atoms with E-state index in [9.17, 15) is 4.79 Å². The average Bonchev–Trinajstić information content (AvgIpc) is 2.95. The van der Waals surface area contributed by atoms with Crippen molar-refractivity contribution in [3.8, 4) is 0 Å². The summed E-state index contributed by atoms with van der Waals surface area (Å²) >= 11 is 1.60. The molecule has 1 aromatic heterocycles. The Balaban J connectivity index is 2.02. The van der Waals surface area contributed by atoms with Crippen molar-refractivity contribution in [2.45, 2.75) is 51.6 Å². The Morgan fingerprint density at radius 1 is 1.53 bits per heavy atom. The number of amides is 1. The van der Waals surface area contributed by atoms with Crippen LogP contribution in [0.5, 0.6) is 0 Å². The summed E-state index contributed by atoms with van der Waals surface area (Å²) < 4.78 is 0. The van der Waals surface area contributed by atoms with E-state index in [2.05, 4.69) is 10.3 Å². The summed E-state index contributed by atoms with van der Waals surface area (Å²) in [6.45, 7) is 2.76. The van der Waals surface area contributed by atoms with E-state index in [-0.39, 0.29) is 0 Å². The van der Waals surface area contributed by atoms with Crippen LogP contribution in [0.15, 0.2) is 0 Å². The van der Waals surface area contributed by atoms with Crippen molar-refractivity contribution in [2.24, 2.45) is 5.73 Å². The second-order valence-electron chi connectivity index (χ2n) is 4.46. The molecule has 1 heterocycles. The van der Waals surface area contributed by atoms with Gasteiger partial charge >= 0.3 is 0 Å². The number of hydrogen-bond acceptors (Lipinski definition) is 4. The van der Waals surface area contributed by atoms with E-state index >= 15 is 0 Å². The van der Waals surface area contributed by atoms with Crippen LogP contribution in [0.4, 0.5) is 0 Å². The summed E-state index contributed by atoms with van der Waals surface area (Å²) in [5, 5.41) is 4.48. The molecule has 1 fully saturated rings. The van der Waals surface area contributed by atoms with Gasteiger partial charge in [0.25, 0.3) is 5.91 Å². The van der Waals surface area contributed by atoms with Crippen molar-refractivity contribution in [1.82, 2.24) is 10.3 Å². The molecule has 0 bridgehead atoms. The molecule has 0 atom stereocenters. The summed E-state index contributed by atoms with van der Waals surface area (Å²) in [6, 6.07) is 0.600. The Kier molecular flexibility index (Phi) is 4.12. The summed E-state index contributed by atoms with van der Waals surface area (Å²) in [4.78, 5) is 16.6. The first-order valence-corrected chi connectivity index (χ1v) is 7.04. The van der Waals surface area contributed by atoms with E-state index in [0.29, 0.717) is 11.7 Å². The van der Waals surface area contributed by atoms with E-state index in [1.54, 1.807) is 11.3 Å². The molecule has 3 N–H and O–H groups in total. The van der Waals surface area contributed by atoms with Crippen molar-refractivity contribution in [2.75, 3.05) is 0 Å². The van der Waals surface area contributed by atoms with Crippen LogP contribution in [0.2, 0.25) is 0 Å². The zero-order valence-corrected chi connectivity index (χ0v) is 11.0. The maximum Gasteiger partial charge on any atom is 0.268 e. The van der Waals surface area contributed by atoms with Crippen molar-refractivity contribution in [3.63, 3.8) is 0 Å². The normalized spacial score (nSPS) is 16.5. The first-order valence-electron chi connectivity index (χ1n) is 6.22. The molecule has 0 aliphatic heterocycles. The molecule has 0 unspecified atom stereocenters. The molecule has 17 heavy (non-hydrogen) atoms. The number of rotatable bonds is 5. The average molecular weight is 253 g/mol. The first kappa shape index (κ1) is 12.5. The quantitative estimate of drug-likeness (QED) is 0.841. The molecule has 0 radical (unpaired) electrons. The Morgan fingerprint density at radius 3 is 2.82 bits per heavy atom. The molecular weight excluding hydrogens is 234 g/mol. The predicted octanol–water partition coefficient (Wildman–Crippen LogP) is 1.84. The summed E-state index contributed by atoms with van der Waals surface area (Å²) in [5.74, 6) is -0.413. The van der Waals surface area contributed by atoms with Gasteiger partial charge in [0.2, 0.25) is 0 Å². The molecule has 1 amide bonds. The molecule has 0 spiro atoms. The molecule has 5 heteroatoms. The third kappa shape index (κ3) is 3.04. The number of carbonyl (C=O) groups excluding carboxylic acids is 1. The highest BCUT2D eigenvalue weighted by atomic mass is 32.1. The third-order valence-corrected chi connectivity index (χ3v) is 4.38. The minimum atomic E-state index is -0.413. The Hall–Kier alpha value is -0.940. The number of thiazole rings is 1. The second-order valence-corrected chi connectivity index (χ2v) is 5.63. The van der Waals surface area contributed by atoms with E-state index < -0.39 is 5.91 Å². The van der Waals surface area contributed by atoms with Gasteiger partial charge in [-0.1, -0.05) is 19.8 Å². The summed E-state index contributed by atoms with van der Waals surface area (Å²) in [6.07, 6.45) is 5.96. The highest BCUT2D eigenvalue weighted by molar-refractivity contribution is 7.11. The van der Waals surface area contributed by atoms with Gasteiger partial charge in [0, 0.05) is 12.6 Å². The Labute approximate surface area is 106 Å². The van der Waals surface area contributed by atoms with Crippen molar-refractivity contribution in [1.29, 1.82) is 0 Å². The summed E-state index contributed by atoms with van der Waals surface area (Å²) in [7, 11) is 0. The van der Waals surface area contributed by atoms with Crippen molar-refractivity contribution >= 4 is 17.2 Å². The highest BCUT2D eigenvalue weighted by Gasteiger charge is 2.18. The second kappa shape index (κ2) is 5.60. The lowest BCUT2D eigenvalue weighted by atomic mass is 10.2. The van der Waals surface area contributed by atoms with Gasteiger partial charge in [0.15, 0.2) is 0 Å². The number of aromatic nitrogens is 1. The summed E-state index contributed by atoms with van der Waals surface area (Å²) in [5.41, 5.74) is 5.80. The van der Waals surface area contributed by atoms with Crippen LogP contribution in [-0.4, -0.2) is 16.9 Å². The maximum absolute atomic E-state index is 11.3. The van der Waals surface area contributed by atoms with E-state index in [1.165, 1.54) is 25.7 Å². The van der Waals surface area contributed by atoms with Crippen LogP contribution < -0.4 is 11.1 Å². The van der Waals surface area contributed by atoms with Gasteiger partial charge in [-0.25, -0.2) is 4.98 Å². The van der Waals surface area contributed by atoms with Gasteiger partial charge in [-0.2, -0.15) is 0 Å². The van der Waals surface area contributed by atoms with Gasteiger partial charge in [-0.3, -0.25) is 4.79 Å². The van der Waals surface area contributed by atoms with E-state index in [0.717, 1.165) is 22.9 Å². The SMILES string of the molecule is CCc1nc(C(N)=O)c(CNC2CCCC2)s1. The van der Waals surface area contributed by atoms with Crippen LogP contribution in [0, 0.1) is 0 Å². The third-order valence-electron chi connectivity index (χ3n) is 3.18. The van der Waals surface area contributed by atoms with Gasteiger partial charge in [-0.15, -0.1) is 11.3 Å². The van der Waals surface area contributed by atoms with Crippen molar-refractivity contribution in [3.05, 3.63) is 15.6 Å². The number of aryl methyl sites for hydroxylation is 1. The zero-order valence-electron chi connectivity index (χ0n) is 10.2.